The Balaban J connectivity index is 1.78. The summed E-state index contributed by atoms with van der Waals surface area (Å²) < 4.78 is 13.0. The van der Waals surface area contributed by atoms with Crippen molar-refractivity contribution in [2.45, 2.75) is 32.8 Å². The summed E-state index contributed by atoms with van der Waals surface area (Å²) in [7, 11) is 0. The molecule has 0 aliphatic carbocycles. The largest absolute Gasteiger partial charge is 0.392 e. The molecule has 0 saturated carbocycles. The highest BCUT2D eigenvalue weighted by Gasteiger charge is 2.12. The lowest BCUT2D eigenvalue weighted by molar-refractivity contribution is -0.115. The van der Waals surface area contributed by atoms with Crippen molar-refractivity contribution in [3.05, 3.63) is 77.4 Å². The van der Waals surface area contributed by atoms with E-state index in [2.05, 4.69) is 15.3 Å². The quantitative estimate of drug-likeness (QED) is 0.653. The number of aryl methyl sites for hydroxylation is 1. The van der Waals surface area contributed by atoms with Gasteiger partial charge < -0.3 is 10.4 Å². The Morgan fingerprint density at radius 3 is 2.39 bits per heavy atom. The van der Waals surface area contributed by atoms with Crippen molar-refractivity contribution in [2.24, 2.45) is 0 Å². The highest BCUT2D eigenvalue weighted by molar-refractivity contribution is 5.91. The van der Waals surface area contributed by atoms with Gasteiger partial charge in [0.05, 0.1) is 30.6 Å². The minimum absolute atomic E-state index is 0.00787. The second kappa shape index (κ2) is 9.19. The molecule has 0 aliphatic rings. The molecule has 1 heterocycles. The average molecular weight is 379 g/mol. The van der Waals surface area contributed by atoms with Gasteiger partial charge in [0.15, 0.2) is 5.82 Å². The first kappa shape index (κ1) is 19.6. The number of carbonyl (C=O) groups excluding carboxylic acids is 1. The average Bonchev–Trinajstić information content (AvgIpc) is 2.71. The number of hydrogen-bond donors (Lipinski definition) is 2. The number of halogens is 1. The first-order chi connectivity index (χ1) is 13.6. The number of benzene rings is 2. The van der Waals surface area contributed by atoms with Crippen LogP contribution in [0.3, 0.4) is 0 Å². The van der Waals surface area contributed by atoms with Gasteiger partial charge in [-0.1, -0.05) is 49.7 Å². The Labute approximate surface area is 163 Å². The van der Waals surface area contributed by atoms with E-state index in [1.54, 1.807) is 18.3 Å². The molecule has 144 valence electrons. The molecule has 0 aliphatic heterocycles. The van der Waals surface area contributed by atoms with E-state index in [1.165, 1.54) is 12.1 Å². The summed E-state index contributed by atoms with van der Waals surface area (Å²) in [6, 6.07) is 13.3. The number of aromatic nitrogens is 2. The minimum Gasteiger partial charge on any atom is -0.392 e. The molecular weight excluding hydrogens is 357 g/mol. The van der Waals surface area contributed by atoms with Gasteiger partial charge in [0.1, 0.15) is 5.82 Å². The molecule has 1 aromatic heterocycles. The van der Waals surface area contributed by atoms with Crippen LogP contribution in [0, 0.1) is 5.82 Å². The van der Waals surface area contributed by atoms with Crippen LogP contribution in [0.2, 0.25) is 0 Å². The van der Waals surface area contributed by atoms with E-state index >= 15 is 0 Å². The van der Waals surface area contributed by atoms with Gasteiger partial charge in [0.25, 0.3) is 0 Å². The van der Waals surface area contributed by atoms with Crippen LogP contribution >= 0.6 is 0 Å². The van der Waals surface area contributed by atoms with E-state index in [1.807, 2.05) is 31.2 Å². The molecule has 1 amide bonds. The fourth-order valence-corrected chi connectivity index (χ4v) is 2.83. The zero-order valence-electron chi connectivity index (χ0n) is 15.7. The monoisotopic (exact) mass is 379 g/mol. The van der Waals surface area contributed by atoms with E-state index in [9.17, 15) is 9.18 Å². The number of rotatable bonds is 7. The number of anilines is 1. The topological polar surface area (TPSA) is 75.1 Å². The smallest absolute Gasteiger partial charge is 0.229 e. The summed E-state index contributed by atoms with van der Waals surface area (Å²) in [4.78, 5) is 21.4. The maximum Gasteiger partial charge on any atom is 0.229 e. The van der Waals surface area contributed by atoms with Crippen LogP contribution in [0.1, 0.15) is 30.2 Å². The predicted octanol–water partition coefficient (Wildman–Crippen LogP) is 3.91. The number of hydrogen-bond acceptors (Lipinski definition) is 4. The summed E-state index contributed by atoms with van der Waals surface area (Å²) in [6.07, 6.45) is 3.31. The molecule has 2 N–H and O–H groups in total. The molecule has 28 heavy (non-hydrogen) atoms. The minimum atomic E-state index is -0.331. The predicted molar refractivity (Wildman–Crippen MR) is 106 cm³/mol. The van der Waals surface area contributed by atoms with Gasteiger partial charge in [-0.05, 0) is 29.7 Å². The number of amides is 1. The van der Waals surface area contributed by atoms with Crippen molar-refractivity contribution < 1.29 is 14.3 Å². The Kier molecular flexibility index (Phi) is 6.45. The van der Waals surface area contributed by atoms with Gasteiger partial charge in [0, 0.05) is 5.56 Å². The number of nitrogens with one attached hydrogen (secondary N) is 1. The van der Waals surface area contributed by atoms with Crippen molar-refractivity contribution >= 4 is 11.7 Å². The van der Waals surface area contributed by atoms with Gasteiger partial charge in [0.2, 0.25) is 5.91 Å². The summed E-state index contributed by atoms with van der Waals surface area (Å²) in [6.45, 7) is 2.03. The van der Waals surface area contributed by atoms with Crippen LogP contribution in [-0.2, 0) is 24.2 Å². The number of aliphatic hydroxyl groups excluding tert-OH is 1. The van der Waals surface area contributed by atoms with Gasteiger partial charge in [-0.25, -0.2) is 14.4 Å². The van der Waals surface area contributed by atoms with Gasteiger partial charge >= 0.3 is 0 Å². The molecule has 6 heteroatoms. The maximum absolute atomic E-state index is 13.0. The molecule has 0 saturated heterocycles. The normalized spacial score (nSPS) is 10.7. The standard InChI is InChI=1S/C22H22FN3O2/c1-2-3-19-22(26-21(28)12-15-6-10-18(23)11-7-15)24-13-20(25-19)17-8-4-16(14-27)5-9-17/h4-11,13,27H,2-3,12,14H2,1H3,(H,24,26,28). The Morgan fingerprint density at radius 2 is 1.75 bits per heavy atom. The Hall–Kier alpha value is -3.12. The molecular formula is C22H22FN3O2. The highest BCUT2D eigenvalue weighted by Crippen LogP contribution is 2.21. The number of aliphatic hydroxyl groups is 1. The van der Waals surface area contributed by atoms with Crippen LogP contribution in [0.15, 0.2) is 54.7 Å². The van der Waals surface area contributed by atoms with E-state index in [-0.39, 0.29) is 24.8 Å². The lowest BCUT2D eigenvalue weighted by Crippen LogP contribution is -2.17. The van der Waals surface area contributed by atoms with Crippen LogP contribution in [0.5, 0.6) is 0 Å². The number of carbonyl (C=O) groups is 1. The van der Waals surface area contributed by atoms with Crippen molar-refractivity contribution in [3.63, 3.8) is 0 Å². The molecule has 3 rings (SSSR count). The molecule has 0 radical (unpaired) electrons. The molecule has 0 bridgehead atoms. The summed E-state index contributed by atoms with van der Waals surface area (Å²) in [5, 5.41) is 12.0. The van der Waals surface area contributed by atoms with E-state index in [0.29, 0.717) is 17.9 Å². The molecule has 5 nitrogen and oxygen atoms in total. The van der Waals surface area contributed by atoms with Crippen molar-refractivity contribution in [1.29, 1.82) is 0 Å². The summed E-state index contributed by atoms with van der Waals surface area (Å²) in [5.41, 5.74) is 3.88. The third-order valence-corrected chi connectivity index (χ3v) is 4.30. The second-order valence-corrected chi connectivity index (χ2v) is 6.51. The first-order valence-corrected chi connectivity index (χ1v) is 9.19. The van der Waals surface area contributed by atoms with Crippen LogP contribution in [-0.4, -0.2) is 21.0 Å². The lowest BCUT2D eigenvalue weighted by atomic mass is 10.1. The molecule has 2 aromatic carbocycles. The van der Waals surface area contributed by atoms with Gasteiger partial charge in [-0.3, -0.25) is 4.79 Å². The highest BCUT2D eigenvalue weighted by atomic mass is 19.1. The molecule has 0 unspecified atom stereocenters. The van der Waals surface area contributed by atoms with E-state index in [4.69, 9.17) is 5.11 Å². The van der Waals surface area contributed by atoms with Gasteiger partial charge in [-0.15, -0.1) is 0 Å². The first-order valence-electron chi connectivity index (χ1n) is 9.19. The Bertz CT molecular complexity index is 941. The Morgan fingerprint density at radius 1 is 1.07 bits per heavy atom. The van der Waals surface area contributed by atoms with Crippen LogP contribution in [0.4, 0.5) is 10.2 Å². The molecule has 0 fully saturated rings. The SMILES string of the molecule is CCCc1nc(-c2ccc(CO)cc2)cnc1NC(=O)Cc1ccc(F)cc1. The third-order valence-electron chi connectivity index (χ3n) is 4.30. The molecule has 0 atom stereocenters. The van der Waals surface area contributed by atoms with E-state index < -0.39 is 0 Å². The zero-order valence-corrected chi connectivity index (χ0v) is 15.7. The summed E-state index contributed by atoms with van der Waals surface area (Å²) >= 11 is 0. The fraction of sp³-hybridized carbons (Fsp3) is 0.227. The van der Waals surface area contributed by atoms with Crippen LogP contribution in [0.25, 0.3) is 11.3 Å². The van der Waals surface area contributed by atoms with Crippen LogP contribution < -0.4 is 5.32 Å². The summed E-state index contributed by atoms with van der Waals surface area (Å²) in [5.74, 6) is -0.106. The maximum atomic E-state index is 13.0. The van der Waals surface area contributed by atoms with Crippen molar-refractivity contribution in [3.8, 4) is 11.3 Å². The third kappa shape index (κ3) is 4.98. The van der Waals surface area contributed by atoms with E-state index in [0.717, 1.165) is 28.8 Å². The second-order valence-electron chi connectivity index (χ2n) is 6.51. The number of nitrogens with zero attached hydrogens (tertiary/aromatic N) is 2. The fourth-order valence-electron chi connectivity index (χ4n) is 2.83. The van der Waals surface area contributed by atoms with Gasteiger partial charge in [-0.2, -0.15) is 0 Å². The molecule has 0 spiro atoms. The molecule has 3 aromatic rings. The van der Waals surface area contributed by atoms with Crippen molar-refractivity contribution in [2.75, 3.05) is 5.32 Å². The van der Waals surface area contributed by atoms with Crippen molar-refractivity contribution in [1.82, 2.24) is 9.97 Å². The zero-order chi connectivity index (χ0) is 19.9. The lowest BCUT2D eigenvalue weighted by Gasteiger charge is -2.11.